The Bertz CT molecular complexity index is 1100. The van der Waals surface area contributed by atoms with E-state index >= 15 is 0 Å². The maximum Gasteiger partial charge on any atom is 0.246 e. The Morgan fingerprint density at radius 1 is 1.00 bits per heavy atom. The topological polar surface area (TPSA) is 99.8 Å². The summed E-state index contributed by atoms with van der Waals surface area (Å²) >= 11 is 0. The van der Waals surface area contributed by atoms with Gasteiger partial charge in [-0.2, -0.15) is 0 Å². The second-order valence-electron chi connectivity index (χ2n) is 11.0. The van der Waals surface area contributed by atoms with Gasteiger partial charge in [0.05, 0.1) is 37.7 Å². The van der Waals surface area contributed by atoms with Gasteiger partial charge in [-0.1, -0.05) is 25.1 Å². The molecule has 0 aliphatic carbocycles. The van der Waals surface area contributed by atoms with Crippen LogP contribution in [0.5, 0.6) is 11.5 Å². The molecule has 2 aromatic carbocycles. The molecule has 0 saturated carbocycles. The summed E-state index contributed by atoms with van der Waals surface area (Å²) in [6, 6.07) is 14.4. The van der Waals surface area contributed by atoms with Crippen LogP contribution in [0.4, 0.5) is 5.69 Å². The SMILES string of the molecule is CCCNC(=O)CO[C@@H]1CNC[C@H](OCc2ccc3c(c2)N(CCCOC)CCO3)[C@H]1c1ccc(OCCCOC)cc1. The molecule has 2 aliphatic heterocycles. The molecule has 3 atom stereocenters. The van der Waals surface area contributed by atoms with Crippen molar-refractivity contribution in [2.24, 2.45) is 0 Å². The lowest BCUT2D eigenvalue weighted by atomic mass is 9.85. The van der Waals surface area contributed by atoms with Crippen LogP contribution in [-0.2, 0) is 30.3 Å². The van der Waals surface area contributed by atoms with Gasteiger partial charge in [-0.15, -0.1) is 0 Å². The van der Waals surface area contributed by atoms with Gasteiger partial charge in [0.25, 0.3) is 0 Å². The second kappa shape index (κ2) is 18.0. The van der Waals surface area contributed by atoms with Crippen LogP contribution in [0.2, 0.25) is 0 Å². The molecule has 4 rings (SSSR count). The maximum absolute atomic E-state index is 12.4. The van der Waals surface area contributed by atoms with Crippen LogP contribution >= 0.6 is 0 Å². The van der Waals surface area contributed by atoms with Gasteiger partial charge in [-0.25, -0.2) is 0 Å². The number of piperidine rings is 1. The zero-order chi connectivity index (χ0) is 30.3. The van der Waals surface area contributed by atoms with E-state index < -0.39 is 0 Å². The maximum atomic E-state index is 12.4. The molecule has 0 aromatic heterocycles. The molecule has 0 radical (unpaired) electrons. The fourth-order valence-electron chi connectivity index (χ4n) is 5.54. The zero-order valence-electron chi connectivity index (χ0n) is 26.0. The number of carbonyl (C=O) groups excluding carboxylic acids is 1. The number of amides is 1. The van der Waals surface area contributed by atoms with Crippen LogP contribution in [0.1, 0.15) is 43.2 Å². The molecule has 0 bridgehead atoms. The summed E-state index contributed by atoms with van der Waals surface area (Å²) in [5.74, 6) is 1.56. The van der Waals surface area contributed by atoms with Gasteiger partial charge in [-0.05, 0) is 48.2 Å². The third kappa shape index (κ3) is 10.1. The van der Waals surface area contributed by atoms with E-state index in [0.29, 0.717) is 46.1 Å². The molecule has 2 aliphatic rings. The molecule has 10 nitrogen and oxygen atoms in total. The fourth-order valence-corrected chi connectivity index (χ4v) is 5.54. The summed E-state index contributed by atoms with van der Waals surface area (Å²) < 4.78 is 35.0. The molecule has 1 amide bonds. The average molecular weight is 600 g/mol. The smallest absolute Gasteiger partial charge is 0.246 e. The molecule has 1 saturated heterocycles. The van der Waals surface area contributed by atoms with Crippen LogP contribution in [0.15, 0.2) is 42.5 Å². The zero-order valence-corrected chi connectivity index (χ0v) is 26.0. The predicted molar refractivity (Wildman–Crippen MR) is 166 cm³/mol. The van der Waals surface area contributed by atoms with Gasteiger partial charge in [0.1, 0.15) is 24.7 Å². The summed E-state index contributed by atoms with van der Waals surface area (Å²) in [5, 5.41) is 6.37. The summed E-state index contributed by atoms with van der Waals surface area (Å²) in [4.78, 5) is 14.7. The third-order valence-electron chi connectivity index (χ3n) is 7.74. The van der Waals surface area contributed by atoms with Crippen molar-refractivity contribution in [2.45, 2.75) is 50.9 Å². The van der Waals surface area contributed by atoms with Crippen molar-refractivity contribution in [2.75, 3.05) is 84.9 Å². The Kier molecular flexibility index (Phi) is 13.9. The average Bonchev–Trinajstić information content (AvgIpc) is 3.04. The van der Waals surface area contributed by atoms with E-state index in [-0.39, 0.29) is 30.6 Å². The van der Waals surface area contributed by atoms with Crippen LogP contribution in [0, 0.1) is 0 Å². The van der Waals surface area contributed by atoms with Crippen molar-refractivity contribution in [1.82, 2.24) is 10.6 Å². The summed E-state index contributed by atoms with van der Waals surface area (Å²) in [5.41, 5.74) is 3.28. The van der Waals surface area contributed by atoms with E-state index in [2.05, 4.69) is 39.8 Å². The molecule has 2 heterocycles. The number of fused-ring (bicyclic) bond motifs is 1. The molecular formula is C33H49N3O7. The number of nitrogens with one attached hydrogen (secondary N) is 2. The second-order valence-corrected chi connectivity index (χ2v) is 11.0. The normalized spacial score (nSPS) is 19.9. The lowest BCUT2D eigenvalue weighted by molar-refractivity contribution is -0.130. The summed E-state index contributed by atoms with van der Waals surface area (Å²) in [7, 11) is 3.43. The Morgan fingerprint density at radius 3 is 2.53 bits per heavy atom. The van der Waals surface area contributed by atoms with Crippen molar-refractivity contribution in [3.8, 4) is 11.5 Å². The molecule has 1 fully saturated rings. The Hall–Kier alpha value is -2.89. The standard InChI is InChI=1S/C33H49N3O7/c1-4-13-35-32(37)24-43-31-22-34-21-30(33(31)26-8-10-27(11-9-26)40-18-6-17-39-3)42-23-25-7-12-29-28(20-25)36(15-19-41-29)14-5-16-38-2/h7-12,20,30-31,33-34H,4-6,13-19,21-24H2,1-3H3,(H,35,37)/t30-,31+,33+/m0/s1. The molecule has 10 heteroatoms. The first-order valence-corrected chi connectivity index (χ1v) is 15.5. The summed E-state index contributed by atoms with van der Waals surface area (Å²) in [6.45, 7) is 8.90. The predicted octanol–water partition coefficient (Wildman–Crippen LogP) is 3.52. The van der Waals surface area contributed by atoms with E-state index in [0.717, 1.165) is 67.3 Å². The Labute approximate surface area is 256 Å². The van der Waals surface area contributed by atoms with Gasteiger partial charge in [0.2, 0.25) is 5.91 Å². The molecule has 2 aromatic rings. The van der Waals surface area contributed by atoms with Gasteiger partial charge >= 0.3 is 0 Å². The highest BCUT2D eigenvalue weighted by molar-refractivity contribution is 5.77. The molecule has 0 unspecified atom stereocenters. The van der Waals surface area contributed by atoms with E-state index in [9.17, 15) is 4.79 Å². The number of ether oxygens (including phenoxy) is 6. The number of nitrogens with zero attached hydrogens (tertiary/aromatic N) is 1. The highest BCUT2D eigenvalue weighted by Crippen LogP contribution is 2.35. The van der Waals surface area contributed by atoms with Gasteiger partial charge in [0.15, 0.2) is 0 Å². The minimum Gasteiger partial charge on any atom is -0.494 e. The van der Waals surface area contributed by atoms with E-state index in [1.807, 2.05) is 25.1 Å². The van der Waals surface area contributed by atoms with Crippen LogP contribution < -0.4 is 25.0 Å². The number of methoxy groups -OCH3 is 2. The lowest BCUT2D eigenvalue weighted by Gasteiger charge is -2.39. The number of hydrogen-bond donors (Lipinski definition) is 2. The fraction of sp³-hybridized carbons (Fsp3) is 0.606. The number of hydrogen-bond acceptors (Lipinski definition) is 9. The minimum absolute atomic E-state index is 0.0139. The van der Waals surface area contributed by atoms with Crippen molar-refractivity contribution >= 4 is 11.6 Å². The number of carbonyl (C=O) groups is 1. The Balaban J connectivity index is 1.46. The summed E-state index contributed by atoms with van der Waals surface area (Å²) in [6.07, 6.45) is 2.29. The highest BCUT2D eigenvalue weighted by atomic mass is 16.5. The van der Waals surface area contributed by atoms with Crippen molar-refractivity contribution < 1.29 is 33.2 Å². The van der Waals surface area contributed by atoms with Crippen LogP contribution in [0.25, 0.3) is 0 Å². The molecule has 2 N–H and O–H groups in total. The van der Waals surface area contributed by atoms with E-state index in [1.54, 1.807) is 14.2 Å². The monoisotopic (exact) mass is 599 g/mol. The first-order chi connectivity index (χ1) is 21.1. The first kappa shape index (κ1) is 33.0. The minimum atomic E-state index is -0.229. The van der Waals surface area contributed by atoms with Gasteiger partial charge < -0.3 is 44.0 Å². The van der Waals surface area contributed by atoms with E-state index in [4.69, 9.17) is 28.4 Å². The third-order valence-corrected chi connectivity index (χ3v) is 7.74. The van der Waals surface area contributed by atoms with Crippen molar-refractivity contribution in [3.05, 3.63) is 53.6 Å². The van der Waals surface area contributed by atoms with Gasteiger partial charge in [-0.3, -0.25) is 4.79 Å². The van der Waals surface area contributed by atoms with Crippen molar-refractivity contribution in [1.29, 1.82) is 0 Å². The highest BCUT2D eigenvalue weighted by Gasteiger charge is 2.36. The van der Waals surface area contributed by atoms with Crippen LogP contribution in [0.3, 0.4) is 0 Å². The van der Waals surface area contributed by atoms with Crippen molar-refractivity contribution in [3.63, 3.8) is 0 Å². The first-order valence-electron chi connectivity index (χ1n) is 15.5. The quantitative estimate of drug-likeness (QED) is 0.249. The van der Waals surface area contributed by atoms with Crippen LogP contribution in [-0.4, -0.2) is 98.1 Å². The lowest BCUT2D eigenvalue weighted by Crippen LogP contribution is -2.51. The molecule has 0 spiro atoms. The van der Waals surface area contributed by atoms with Gasteiger partial charge in [0, 0.05) is 66.0 Å². The Morgan fingerprint density at radius 2 is 1.77 bits per heavy atom. The molecule has 238 valence electrons. The molecular weight excluding hydrogens is 550 g/mol. The number of rotatable bonds is 18. The number of benzene rings is 2. The largest absolute Gasteiger partial charge is 0.494 e. The molecule has 43 heavy (non-hydrogen) atoms. The number of anilines is 1. The van der Waals surface area contributed by atoms with E-state index in [1.165, 1.54) is 0 Å².